The maximum atomic E-state index is 10.8. The Kier molecular flexibility index (Phi) is 2.76. The predicted octanol–water partition coefficient (Wildman–Crippen LogP) is 2.60. The lowest BCUT2D eigenvalue weighted by molar-refractivity contribution is -0.383. The van der Waals surface area contributed by atoms with Gasteiger partial charge in [-0.05, 0) is 6.07 Å². The third-order valence-corrected chi connectivity index (χ3v) is 2.84. The largest absolute Gasteiger partial charge is 0.477 e. The van der Waals surface area contributed by atoms with Crippen molar-refractivity contribution >= 4 is 38.5 Å². The number of nitrogens with zero attached hydrogens (tertiary/aromatic N) is 2. The minimum absolute atomic E-state index is 0.0595. The van der Waals surface area contributed by atoms with Crippen molar-refractivity contribution in [2.24, 2.45) is 0 Å². The first-order valence-corrected chi connectivity index (χ1v) is 5.27. The number of halogens is 1. The summed E-state index contributed by atoms with van der Waals surface area (Å²) < 4.78 is 0.462. The van der Waals surface area contributed by atoms with Crippen molar-refractivity contribution in [1.29, 1.82) is 0 Å². The van der Waals surface area contributed by atoms with Crippen LogP contribution in [0.4, 0.5) is 5.69 Å². The van der Waals surface area contributed by atoms with Crippen molar-refractivity contribution < 1.29 is 14.8 Å². The van der Waals surface area contributed by atoms with Gasteiger partial charge in [0.1, 0.15) is 11.2 Å². The number of nitro benzene ring substituents is 1. The fourth-order valence-electron chi connectivity index (χ4n) is 1.45. The van der Waals surface area contributed by atoms with Gasteiger partial charge < -0.3 is 5.11 Å². The summed E-state index contributed by atoms with van der Waals surface area (Å²) in [4.78, 5) is 24.8. The van der Waals surface area contributed by atoms with Crippen LogP contribution >= 0.6 is 15.9 Å². The van der Waals surface area contributed by atoms with Crippen molar-refractivity contribution in [3.05, 3.63) is 44.5 Å². The lowest BCUT2D eigenvalue weighted by Crippen LogP contribution is -2.02. The molecule has 0 spiro atoms. The summed E-state index contributed by atoms with van der Waals surface area (Å²) in [6, 6.07) is 5.75. The van der Waals surface area contributed by atoms with Gasteiger partial charge in [0.05, 0.1) is 4.92 Å². The van der Waals surface area contributed by atoms with E-state index in [9.17, 15) is 14.9 Å². The number of non-ortho nitro benzene ring substituents is 1. The molecule has 0 radical (unpaired) electrons. The Balaban J connectivity index is 2.88. The van der Waals surface area contributed by atoms with Crippen molar-refractivity contribution in [2.45, 2.75) is 0 Å². The van der Waals surface area contributed by atoms with Crippen LogP contribution in [-0.4, -0.2) is 21.0 Å². The fourth-order valence-corrected chi connectivity index (χ4v) is 1.99. The van der Waals surface area contributed by atoms with Gasteiger partial charge in [0.15, 0.2) is 0 Å². The number of para-hydroxylation sites is 1. The zero-order valence-corrected chi connectivity index (χ0v) is 9.84. The Morgan fingerprint density at radius 2 is 2.18 bits per heavy atom. The quantitative estimate of drug-likeness (QED) is 0.679. The molecule has 2 rings (SSSR count). The predicted molar refractivity (Wildman–Crippen MR) is 63.1 cm³/mol. The molecular formula is C10H5BrN2O4. The molecule has 0 amide bonds. The number of pyridine rings is 1. The Hall–Kier alpha value is -2.02. The number of rotatable bonds is 2. The van der Waals surface area contributed by atoms with Gasteiger partial charge in [0, 0.05) is 15.9 Å². The van der Waals surface area contributed by atoms with E-state index in [1.165, 1.54) is 18.2 Å². The number of fused-ring (bicyclic) bond motifs is 1. The molecule has 0 fully saturated rings. The van der Waals surface area contributed by atoms with Crippen LogP contribution < -0.4 is 0 Å². The summed E-state index contributed by atoms with van der Waals surface area (Å²) in [5.74, 6) is -1.23. The van der Waals surface area contributed by atoms with Crippen LogP contribution in [0.2, 0.25) is 0 Å². The number of aromatic nitrogens is 1. The number of hydrogen-bond donors (Lipinski definition) is 1. The molecule has 0 unspecified atom stereocenters. The standard InChI is InChI=1S/C10H5BrN2O4/c11-6-4-7(10(14)15)12-9-5(6)2-1-3-8(9)13(16)17/h1-4H,(H,14,15). The average molecular weight is 297 g/mol. The van der Waals surface area contributed by atoms with Crippen molar-refractivity contribution in [3.8, 4) is 0 Å². The number of benzene rings is 1. The van der Waals surface area contributed by atoms with Crippen molar-refractivity contribution in [2.75, 3.05) is 0 Å². The third-order valence-electron chi connectivity index (χ3n) is 2.18. The third kappa shape index (κ3) is 1.96. The molecule has 1 heterocycles. The van der Waals surface area contributed by atoms with E-state index in [0.717, 1.165) is 0 Å². The number of hydrogen-bond acceptors (Lipinski definition) is 4. The summed E-state index contributed by atoms with van der Waals surface area (Å²) in [7, 11) is 0. The molecule has 0 saturated heterocycles. The maximum Gasteiger partial charge on any atom is 0.354 e. The van der Waals surface area contributed by atoms with Crippen LogP contribution in [-0.2, 0) is 0 Å². The normalized spacial score (nSPS) is 10.4. The van der Waals surface area contributed by atoms with Gasteiger partial charge in [-0.25, -0.2) is 9.78 Å². The smallest absolute Gasteiger partial charge is 0.354 e. The van der Waals surface area contributed by atoms with Crippen LogP contribution in [0.15, 0.2) is 28.7 Å². The molecule has 17 heavy (non-hydrogen) atoms. The number of aromatic carboxylic acids is 1. The second-order valence-electron chi connectivity index (χ2n) is 3.22. The Morgan fingerprint density at radius 3 is 2.76 bits per heavy atom. The minimum Gasteiger partial charge on any atom is -0.477 e. The highest BCUT2D eigenvalue weighted by Crippen LogP contribution is 2.29. The molecule has 0 aliphatic carbocycles. The van der Waals surface area contributed by atoms with Gasteiger partial charge in [0.2, 0.25) is 0 Å². The Labute approximate surface area is 103 Å². The lowest BCUT2D eigenvalue weighted by atomic mass is 10.2. The van der Waals surface area contributed by atoms with E-state index in [0.29, 0.717) is 9.86 Å². The van der Waals surface area contributed by atoms with Crippen LogP contribution in [0, 0.1) is 10.1 Å². The molecule has 86 valence electrons. The number of carbonyl (C=O) groups is 1. The lowest BCUT2D eigenvalue weighted by Gasteiger charge is -2.02. The van der Waals surface area contributed by atoms with E-state index in [4.69, 9.17) is 5.11 Å². The first-order valence-electron chi connectivity index (χ1n) is 4.47. The van der Waals surface area contributed by atoms with Crippen LogP contribution in [0.5, 0.6) is 0 Å². The Bertz CT molecular complexity index is 641. The summed E-state index contributed by atoms with van der Waals surface area (Å²) in [5.41, 5.74) is -0.394. The second kappa shape index (κ2) is 4.10. The van der Waals surface area contributed by atoms with Crippen molar-refractivity contribution in [1.82, 2.24) is 4.98 Å². The van der Waals surface area contributed by atoms with E-state index < -0.39 is 10.9 Å². The van der Waals surface area contributed by atoms with Crippen LogP contribution in [0.3, 0.4) is 0 Å². The van der Waals surface area contributed by atoms with Gasteiger partial charge in [0.25, 0.3) is 5.69 Å². The summed E-state index contributed by atoms with van der Waals surface area (Å²) in [6.07, 6.45) is 0. The molecule has 0 aliphatic rings. The van der Waals surface area contributed by atoms with Crippen LogP contribution in [0.1, 0.15) is 10.5 Å². The maximum absolute atomic E-state index is 10.8. The molecule has 7 heteroatoms. The average Bonchev–Trinajstić information content (AvgIpc) is 2.27. The van der Waals surface area contributed by atoms with Gasteiger partial charge in [-0.3, -0.25) is 10.1 Å². The Morgan fingerprint density at radius 1 is 1.47 bits per heavy atom. The van der Waals surface area contributed by atoms with Gasteiger partial charge in [-0.1, -0.05) is 28.1 Å². The molecule has 1 aromatic carbocycles. The van der Waals surface area contributed by atoms with E-state index in [1.807, 2.05) is 0 Å². The molecule has 0 bridgehead atoms. The van der Waals surface area contributed by atoms with E-state index in [1.54, 1.807) is 6.07 Å². The van der Waals surface area contributed by atoms with Gasteiger partial charge in [-0.15, -0.1) is 0 Å². The SMILES string of the molecule is O=C(O)c1cc(Br)c2cccc([N+](=O)[O-])c2n1. The first-order chi connectivity index (χ1) is 8.00. The highest BCUT2D eigenvalue weighted by Gasteiger charge is 2.17. The zero-order chi connectivity index (χ0) is 12.6. The fraction of sp³-hybridized carbons (Fsp3) is 0. The number of carboxylic acids is 1. The summed E-state index contributed by atoms with van der Waals surface area (Å²) in [5, 5.41) is 20.2. The molecule has 0 atom stereocenters. The molecule has 2 aromatic rings. The summed E-state index contributed by atoms with van der Waals surface area (Å²) in [6.45, 7) is 0. The molecular weight excluding hydrogens is 292 g/mol. The summed E-state index contributed by atoms with van der Waals surface area (Å²) >= 11 is 3.17. The van der Waals surface area contributed by atoms with Gasteiger partial charge >= 0.3 is 5.97 Å². The highest BCUT2D eigenvalue weighted by molar-refractivity contribution is 9.10. The first kappa shape index (κ1) is 11.5. The molecule has 0 aliphatic heterocycles. The number of carboxylic acid groups (broad SMARTS) is 1. The second-order valence-corrected chi connectivity index (χ2v) is 4.08. The van der Waals surface area contributed by atoms with Crippen molar-refractivity contribution in [3.63, 3.8) is 0 Å². The topological polar surface area (TPSA) is 93.3 Å². The van der Waals surface area contributed by atoms with E-state index in [-0.39, 0.29) is 16.9 Å². The number of nitro groups is 1. The monoisotopic (exact) mass is 296 g/mol. The zero-order valence-electron chi connectivity index (χ0n) is 8.25. The highest BCUT2D eigenvalue weighted by atomic mass is 79.9. The minimum atomic E-state index is -1.23. The molecule has 6 nitrogen and oxygen atoms in total. The molecule has 0 saturated carbocycles. The van der Waals surface area contributed by atoms with E-state index in [2.05, 4.69) is 20.9 Å². The van der Waals surface area contributed by atoms with Crippen LogP contribution in [0.25, 0.3) is 10.9 Å². The van der Waals surface area contributed by atoms with E-state index >= 15 is 0 Å². The molecule has 1 aromatic heterocycles. The van der Waals surface area contributed by atoms with Gasteiger partial charge in [-0.2, -0.15) is 0 Å². The molecule has 1 N–H and O–H groups in total.